The Morgan fingerprint density at radius 3 is 2.58 bits per heavy atom. The van der Waals surface area contributed by atoms with Crippen molar-refractivity contribution in [2.45, 2.75) is 25.3 Å². The summed E-state index contributed by atoms with van der Waals surface area (Å²) in [5.74, 6) is 1.84. The van der Waals surface area contributed by atoms with Crippen molar-refractivity contribution in [2.24, 2.45) is 5.92 Å². The first-order valence-corrected chi connectivity index (χ1v) is 11.9. The fourth-order valence-electron chi connectivity index (χ4n) is 4.90. The molecule has 5 rings (SSSR count). The summed E-state index contributed by atoms with van der Waals surface area (Å²) in [6.45, 7) is 4.09. The first-order chi connectivity index (χ1) is 16.2. The van der Waals surface area contributed by atoms with E-state index < -0.39 is 0 Å². The molecule has 2 saturated heterocycles. The van der Waals surface area contributed by atoms with Crippen molar-refractivity contribution in [3.05, 3.63) is 41.4 Å². The Morgan fingerprint density at radius 2 is 1.88 bits per heavy atom. The van der Waals surface area contributed by atoms with Crippen LogP contribution in [0.5, 0.6) is 11.6 Å². The summed E-state index contributed by atoms with van der Waals surface area (Å²) in [6.07, 6.45) is 3.05. The van der Waals surface area contributed by atoms with Gasteiger partial charge in [-0.1, -0.05) is 17.7 Å². The van der Waals surface area contributed by atoms with Gasteiger partial charge in [0.25, 0.3) is 5.88 Å². The van der Waals surface area contributed by atoms with Gasteiger partial charge in [0.2, 0.25) is 0 Å². The van der Waals surface area contributed by atoms with Gasteiger partial charge in [-0.25, -0.2) is 4.52 Å². The average Bonchev–Trinajstić information content (AvgIpc) is 3.50. The van der Waals surface area contributed by atoms with Crippen LogP contribution < -0.4 is 14.4 Å². The minimum Gasteiger partial charge on any atom is -0.497 e. The van der Waals surface area contributed by atoms with Crippen LogP contribution in [0.15, 0.2) is 36.4 Å². The lowest BCUT2D eigenvalue weighted by Crippen LogP contribution is -2.42. The largest absolute Gasteiger partial charge is 0.497 e. The number of anilines is 1. The third kappa shape index (κ3) is 4.37. The molecule has 2 aliphatic rings. The van der Waals surface area contributed by atoms with E-state index in [-0.39, 0.29) is 0 Å². The van der Waals surface area contributed by atoms with Crippen LogP contribution >= 0.6 is 11.6 Å². The predicted octanol–water partition coefficient (Wildman–Crippen LogP) is 4.69. The second-order valence-corrected chi connectivity index (χ2v) is 9.04. The van der Waals surface area contributed by atoms with Gasteiger partial charge in [-0.15, -0.1) is 5.10 Å². The number of ether oxygens (including phenoxy) is 4. The maximum Gasteiger partial charge on any atom is 0.257 e. The van der Waals surface area contributed by atoms with E-state index in [0.717, 1.165) is 80.4 Å². The second kappa shape index (κ2) is 9.79. The molecule has 176 valence electrons. The molecule has 0 aliphatic carbocycles. The Kier molecular flexibility index (Phi) is 6.62. The quantitative estimate of drug-likeness (QED) is 0.498. The zero-order valence-electron chi connectivity index (χ0n) is 19.1. The van der Waals surface area contributed by atoms with Crippen molar-refractivity contribution in [1.29, 1.82) is 0 Å². The van der Waals surface area contributed by atoms with Crippen LogP contribution in [-0.2, 0) is 9.47 Å². The Balaban J connectivity index is 1.62. The number of benzene rings is 1. The van der Waals surface area contributed by atoms with Crippen LogP contribution in [0.1, 0.15) is 19.3 Å². The number of aromatic nitrogens is 2. The predicted molar refractivity (Wildman–Crippen MR) is 129 cm³/mol. The van der Waals surface area contributed by atoms with Gasteiger partial charge in [-0.2, -0.15) is 0 Å². The first-order valence-electron chi connectivity index (χ1n) is 11.5. The number of pyridine rings is 1. The Labute approximate surface area is 199 Å². The molecule has 0 spiro atoms. The summed E-state index contributed by atoms with van der Waals surface area (Å²) in [5, 5.41) is 5.50. The zero-order chi connectivity index (χ0) is 22.8. The fraction of sp³-hybridized carbons (Fsp3) is 0.480. The first kappa shape index (κ1) is 22.3. The van der Waals surface area contributed by atoms with Gasteiger partial charge in [0.05, 0.1) is 37.1 Å². The van der Waals surface area contributed by atoms with Gasteiger partial charge in [-0.05, 0) is 49.6 Å². The number of halogens is 1. The number of hydrogen-bond donors (Lipinski definition) is 0. The van der Waals surface area contributed by atoms with Gasteiger partial charge in [0, 0.05) is 43.9 Å². The number of fused-ring (bicyclic) bond motifs is 1. The maximum atomic E-state index is 6.63. The van der Waals surface area contributed by atoms with Crippen LogP contribution in [0.2, 0.25) is 5.02 Å². The highest BCUT2D eigenvalue weighted by molar-refractivity contribution is 6.33. The zero-order valence-corrected chi connectivity index (χ0v) is 19.9. The normalized spacial score (nSPS) is 19.2. The van der Waals surface area contributed by atoms with E-state index in [9.17, 15) is 0 Å². The van der Waals surface area contributed by atoms with Crippen molar-refractivity contribution in [1.82, 2.24) is 9.61 Å². The SMILES string of the molecule is COc1ccc(-c2cccc3c(N(CC4CCOC4)C4CCOCC4)c(OC)nn23)c(Cl)c1. The lowest BCUT2D eigenvalue weighted by Gasteiger charge is -2.37. The summed E-state index contributed by atoms with van der Waals surface area (Å²) in [4.78, 5) is 2.49. The number of rotatable bonds is 7. The molecule has 4 heterocycles. The summed E-state index contributed by atoms with van der Waals surface area (Å²) < 4.78 is 24.5. The molecule has 7 nitrogen and oxygen atoms in total. The van der Waals surface area contributed by atoms with E-state index in [2.05, 4.69) is 17.0 Å². The van der Waals surface area contributed by atoms with Crippen molar-refractivity contribution in [3.63, 3.8) is 0 Å². The van der Waals surface area contributed by atoms with Crippen molar-refractivity contribution < 1.29 is 18.9 Å². The van der Waals surface area contributed by atoms with E-state index in [1.807, 2.05) is 28.8 Å². The topological polar surface area (TPSA) is 57.5 Å². The Morgan fingerprint density at radius 1 is 1.06 bits per heavy atom. The molecule has 0 saturated carbocycles. The minimum absolute atomic E-state index is 0.370. The summed E-state index contributed by atoms with van der Waals surface area (Å²) in [6, 6.07) is 12.3. The molecular formula is C25H30ClN3O4. The molecule has 2 aliphatic heterocycles. The molecule has 0 radical (unpaired) electrons. The van der Waals surface area contributed by atoms with E-state index in [1.165, 1.54) is 0 Å². The standard InChI is InChI=1S/C25H30ClN3O4/c1-30-19-6-7-20(21(26)14-19)22-4-3-5-23-24(25(31-2)27-29(22)23)28(15-17-8-11-33-16-17)18-9-12-32-13-10-18/h3-7,14,17-18H,8-13,15-16H2,1-2H3. The Bertz CT molecular complexity index is 1110. The molecule has 33 heavy (non-hydrogen) atoms. The molecule has 2 aromatic heterocycles. The number of methoxy groups -OCH3 is 2. The fourth-order valence-corrected chi connectivity index (χ4v) is 5.17. The highest BCUT2D eigenvalue weighted by atomic mass is 35.5. The van der Waals surface area contributed by atoms with Crippen LogP contribution in [0, 0.1) is 5.92 Å². The second-order valence-electron chi connectivity index (χ2n) is 8.64. The highest BCUT2D eigenvalue weighted by Crippen LogP contribution is 2.40. The van der Waals surface area contributed by atoms with Gasteiger partial charge in [0.15, 0.2) is 0 Å². The van der Waals surface area contributed by atoms with E-state index in [4.69, 9.17) is 35.6 Å². The van der Waals surface area contributed by atoms with Crippen LogP contribution in [0.25, 0.3) is 16.8 Å². The molecule has 1 aromatic carbocycles. The van der Waals surface area contributed by atoms with Gasteiger partial charge in [-0.3, -0.25) is 0 Å². The highest BCUT2D eigenvalue weighted by Gasteiger charge is 2.31. The summed E-state index contributed by atoms with van der Waals surface area (Å²) >= 11 is 6.63. The Hall–Kier alpha value is -2.48. The van der Waals surface area contributed by atoms with Gasteiger partial charge < -0.3 is 23.8 Å². The van der Waals surface area contributed by atoms with Crippen LogP contribution in [0.3, 0.4) is 0 Å². The molecule has 0 bridgehead atoms. The molecule has 0 amide bonds. The van der Waals surface area contributed by atoms with E-state index in [1.54, 1.807) is 14.2 Å². The smallest absolute Gasteiger partial charge is 0.257 e. The summed E-state index contributed by atoms with van der Waals surface area (Å²) in [5.41, 5.74) is 3.83. The minimum atomic E-state index is 0.370. The maximum absolute atomic E-state index is 6.63. The molecule has 2 fully saturated rings. The average molecular weight is 472 g/mol. The number of nitrogens with zero attached hydrogens (tertiary/aromatic N) is 3. The van der Waals surface area contributed by atoms with Crippen molar-refractivity contribution in [3.8, 4) is 22.9 Å². The number of hydrogen-bond acceptors (Lipinski definition) is 6. The van der Waals surface area contributed by atoms with Crippen molar-refractivity contribution >= 4 is 22.8 Å². The lowest BCUT2D eigenvalue weighted by atomic mass is 10.0. The lowest BCUT2D eigenvalue weighted by molar-refractivity contribution is 0.0834. The molecule has 1 atom stereocenters. The van der Waals surface area contributed by atoms with Gasteiger partial charge in [0.1, 0.15) is 11.4 Å². The molecule has 3 aromatic rings. The van der Waals surface area contributed by atoms with Crippen molar-refractivity contribution in [2.75, 3.05) is 52.1 Å². The third-order valence-corrected chi connectivity index (χ3v) is 6.96. The monoisotopic (exact) mass is 471 g/mol. The van der Waals surface area contributed by atoms with E-state index in [0.29, 0.717) is 22.9 Å². The summed E-state index contributed by atoms with van der Waals surface area (Å²) in [7, 11) is 3.32. The molecule has 1 unspecified atom stereocenters. The van der Waals surface area contributed by atoms with E-state index >= 15 is 0 Å². The molecule has 0 N–H and O–H groups in total. The molecule has 8 heteroatoms. The molecular weight excluding hydrogens is 442 g/mol. The van der Waals surface area contributed by atoms with Crippen LogP contribution in [-0.4, -0.2) is 62.8 Å². The van der Waals surface area contributed by atoms with Crippen LogP contribution in [0.4, 0.5) is 5.69 Å². The third-order valence-electron chi connectivity index (χ3n) is 6.64. The van der Waals surface area contributed by atoms with Gasteiger partial charge >= 0.3 is 0 Å².